The molecule has 18 heavy (non-hydrogen) atoms. The molecule has 6 nitrogen and oxygen atoms in total. The van der Waals surface area contributed by atoms with Crippen LogP contribution >= 0.6 is 0 Å². The molecule has 1 aliphatic rings. The van der Waals surface area contributed by atoms with Gasteiger partial charge in [-0.1, -0.05) is 0 Å². The van der Waals surface area contributed by atoms with Crippen molar-refractivity contribution in [2.75, 3.05) is 26.9 Å². The van der Waals surface area contributed by atoms with E-state index in [0.717, 1.165) is 0 Å². The molecule has 1 atom stereocenters. The van der Waals surface area contributed by atoms with Gasteiger partial charge in [-0.2, -0.15) is 0 Å². The number of ether oxygens (including phenoxy) is 2. The summed E-state index contributed by atoms with van der Waals surface area (Å²) in [5.74, 6) is -0.306. The number of nitrogens with one attached hydrogen (secondary N) is 1. The second-order valence-corrected chi connectivity index (χ2v) is 4.40. The molecule has 1 fully saturated rings. The molecule has 1 unspecified atom stereocenters. The molecule has 0 amide bonds. The highest BCUT2D eigenvalue weighted by atomic mass is 16.5. The Balaban J connectivity index is 1.87. The monoisotopic (exact) mass is 255 g/mol. The van der Waals surface area contributed by atoms with Crippen molar-refractivity contribution in [2.45, 2.75) is 18.6 Å². The molecule has 2 N–H and O–H groups in total. The maximum atomic E-state index is 11.4. The van der Waals surface area contributed by atoms with E-state index >= 15 is 0 Å². The molecule has 2 rings (SSSR count). The number of esters is 1. The predicted octanol–water partition coefficient (Wildman–Crippen LogP) is 0.307. The van der Waals surface area contributed by atoms with Crippen molar-refractivity contribution in [2.24, 2.45) is 0 Å². The summed E-state index contributed by atoms with van der Waals surface area (Å²) in [5.41, 5.74) is -0.0980. The Kier molecular flexibility index (Phi) is 4.00. The maximum Gasteiger partial charge on any atom is 0.374 e. The number of carbonyl (C=O) groups excluding carboxylic acids is 1. The molecule has 1 saturated heterocycles. The molecule has 1 aliphatic heterocycles. The molecule has 1 aromatic rings. The molecule has 100 valence electrons. The fraction of sp³-hybridized carbons (Fsp3) is 0.583. The summed E-state index contributed by atoms with van der Waals surface area (Å²) in [7, 11) is 1.31. The SMILES string of the molecule is COC(=O)c1occc1CNCC1(O)CCOC1. The first-order valence-electron chi connectivity index (χ1n) is 5.80. The minimum Gasteiger partial charge on any atom is -0.463 e. The minimum absolute atomic E-state index is 0.194. The molecule has 2 heterocycles. The summed E-state index contributed by atoms with van der Waals surface area (Å²) in [4.78, 5) is 11.4. The van der Waals surface area contributed by atoms with Gasteiger partial charge in [-0.15, -0.1) is 0 Å². The first kappa shape index (κ1) is 13.1. The van der Waals surface area contributed by atoms with Crippen molar-refractivity contribution >= 4 is 5.97 Å². The van der Waals surface area contributed by atoms with Crippen LogP contribution in [0, 0.1) is 0 Å². The second kappa shape index (κ2) is 5.51. The van der Waals surface area contributed by atoms with Gasteiger partial charge in [0.05, 0.1) is 20.0 Å². The maximum absolute atomic E-state index is 11.4. The summed E-state index contributed by atoms with van der Waals surface area (Å²) in [6.07, 6.45) is 2.06. The molecule has 0 saturated carbocycles. The summed E-state index contributed by atoms with van der Waals surface area (Å²) in [6, 6.07) is 1.70. The van der Waals surface area contributed by atoms with Gasteiger partial charge >= 0.3 is 5.97 Å². The third kappa shape index (κ3) is 2.90. The van der Waals surface area contributed by atoms with E-state index in [1.165, 1.54) is 13.4 Å². The standard InChI is InChI=1S/C12H17NO5/c1-16-11(14)10-9(2-4-18-10)6-13-7-12(15)3-5-17-8-12/h2,4,13,15H,3,5-8H2,1H3. The Morgan fingerprint density at radius 1 is 1.67 bits per heavy atom. The Bertz CT molecular complexity index is 408. The van der Waals surface area contributed by atoms with Crippen molar-refractivity contribution < 1.29 is 23.8 Å². The van der Waals surface area contributed by atoms with Crippen LogP contribution in [0.4, 0.5) is 0 Å². The van der Waals surface area contributed by atoms with Crippen LogP contribution in [-0.2, 0) is 16.0 Å². The number of furan rings is 1. The van der Waals surface area contributed by atoms with E-state index in [0.29, 0.717) is 38.3 Å². The highest BCUT2D eigenvalue weighted by Crippen LogP contribution is 2.17. The number of rotatable bonds is 5. The van der Waals surface area contributed by atoms with E-state index < -0.39 is 11.6 Å². The van der Waals surface area contributed by atoms with Crippen LogP contribution < -0.4 is 5.32 Å². The van der Waals surface area contributed by atoms with Crippen molar-refractivity contribution in [3.8, 4) is 0 Å². The van der Waals surface area contributed by atoms with Gasteiger partial charge in [0.25, 0.3) is 0 Å². The van der Waals surface area contributed by atoms with Gasteiger partial charge in [-0.3, -0.25) is 0 Å². The number of carbonyl (C=O) groups is 1. The van der Waals surface area contributed by atoms with Crippen LogP contribution in [0.2, 0.25) is 0 Å². The van der Waals surface area contributed by atoms with Crippen LogP contribution in [0.3, 0.4) is 0 Å². The first-order chi connectivity index (χ1) is 8.64. The second-order valence-electron chi connectivity index (χ2n) is 4.40. The topological polar surface area (TPSA) is 80.9 Å². The molecule has 0 bridgehead atoms. The average molecular weight is 255 g/mol. The highest BCUT2D eigenvalue weighted by molar-refractivity contribution is 5.87. The number of methoxy groups -OCH3 is 1. The summed E-state index contributed by atoms with van der Waals surface area (Å²) in [5, 5.41) is 13.1. The average Bonchev–Trinajstić information content (AvgIpc) is 2.98. The first-order valence-corrected chi connectivity index (χ1v) is 5.80. The van der Waals surface area contributed by atoms with Crippen LogP contribution in [0.25, 0.3) is 0 Å². The largest absolute Gasteiger partial charge is 0.463 e. The van der Waals surface area contributed by atoms with Crippen LogP contribution in [-0.4, -0.2) is 43.5 Å². The van der Waals surface area contributed by atoms with Gasteiger partial charge < -0.3 is 24.3 Å². The summed E-state index contributed by atoms with van der Waals surface area (Å²) < 4.78 is 14.8. The Hall–Kier alpha value is -1.37. The highest BCUT2D eigenvalue weighted by Gasteiger charge is 2.31. The van der Waals surface area contributed by atoms with Gasteiger partial charge in [0.15, 0.2) is 0 Å². The molecule has 0 aliphatic carbocycles. The minimum atomic E-state index is -0.810. The lowest BCUT2D eigenvalue weighted by Crippen LogP contribution is -2.40. The summed E-state index contributed by atoms with van der Waals surface area (Å²) >= 11 is 0. The van der Waals surface area contributed by atoms with E-state index in [9.17, 15) is 9.90 Å². The van der Waals surface area contributed by atoms with Gasteiger partial charge in [0, 0.05) is 31.7 Å². The van der Waals surface area contributed by atoms with Crippen molar-refractivity contribution in [3.05, 3.63) is 23.7 Å². The Morgan fingerprint density at radius 3 is 3.17 bits per heavy atom. The van der Waals surface area contributed by atoms with Crippen LogP contribution in [0.5, 0.6) is 0 Å². The summed E-state index contributed by atoms with van der Waals surface area (Å²) in [6.45, 7) is 1.77. The van der Waals surface area contributed by atoms with Crippen LogP contribution in [0.1, 0.15) is 22.5 Å². The van der Waals surface area contributed by atoms with Gasteiger partial charge in [0.1, 0.15) is 5.60 Å². The lowest BCUT2D eigenvalue weighted by Gasteiger charge is -2.20. The number of hydrogen-bond donors (Lipinski definition) is 2. The van der Waals surface area contributed by atoms with Gasteiger partial charge in [0.2, 0.25) is 5.76 Å². The van der Waals surface area contributed by atoms with E-state index in [4.69, 9.17) is 9.15 Å². The van der Waals surface area contributed by atoms with Gasteiger partial charge in [-0.25, -0.2) is 4.79 Å². The lowest BCUT2D eigenvalue weighted by molar-refractivity contribution is 0.0268. The van der Waals surface area contributed by atoms with E-state index in [-0.39, 0.29) is 5.76 Å². The van der Waals surface area contributed by atoms with Crippen molar-refractivity contribution in [3.63, 3.8) is 0 Å². The smallest absolute Gasteiger partial charge is 0.374 e. The zero-order valence-corrected chi connectivity index (χ0v) is 10.3. The van der Waals surface area contributed by atoms with Crippen molar-refractivity contribution in [1.82, 2.24) is 5.32 Å². The normalized spacial score (nSPS) is 23.2. The zero-order chi connectivity index (χ0) is 13.0. The van der Waals surface area contributed by atoms with Gasteiger partial charge in [-0.05, 0) is 6.07 Å². The third-order valence-corrected chi connectivity index (χ3v) is 2.97. The molecular formula is C12H17NO5. The van der Waals surface area contributed by atoms with E-state index in [1.54, 1.807) is 6.07 Å². The number of hydrogen-bond acceptors (Lipinski definition) is 6. The molecule has 0 radical (unpaired) electrons. The zero-order valence-electron chi connectivity index (χ0n) is 10.3. The Labute approximate surface area is 105 Å². The number of aliphatic hydroxyl groups is 1. The third-order valence-electron chi connectivity index (χ3n) is 2.97. The van der Waals surface area contributed by atoms with E-state index in [2.05, 4.69) is 10.1 Å². The molecule has 1 aromatic heterocycles. The predicted molar refractivity (Wildman–Crippen MR) is 62.1 cm³/mol. The lowest BCUT2D eigenvalue weighted by atomic mass is 10.0. The molecule has 6 heteroatoms. The Morgan fingerprint density at radius 2 is 2.50 bits per heavy atom. The molecular weight excluding hydrogens is 238 g/mol. The van der Waals surface area contributed by atoms with Crippen LogP contribution in [0.15, 0.2) is 16.7 Å². The quantitative estimate of drug-likeness (QED) is 0.737. The molecule has 0 spiro atoms. The molecule has 0 aromatic carbocycles. The van der Waals surface area contributed by atoms with Crippen molar-refractivity contribution in [1.29, 1.82) is 0 Å². The fourth-order valence-corrected chi connectivity index (χ4v) is 1.91. The van der Waals surface area contributed by atoms with E-state index in [1.807, 2.05) is 0 Å². The fourth-order valence-electron chi connectivity index (χ4n) is 1.91.